The predicted molar refractivity (Wildman–Crippen MR) is 64.2 cm³/mol. The number of rotatable bonds is 3. The van der Waals surface area contributed by atoms with Gasteiger partial charge in [0.15, 0.2) is 27.3 Å². The maximum absolute atomic E-state index is 12.9. The summed E-state index contributed by atoms with van der Waals surface area (Å²) in [7, 11) is -3.63. The summed E-state index contributed by atoms with van der Waals surface area (Å²) >= 11 is 0. The molecule has 0 aliphatic rings. The molecule has 1 aromatic rings. The Bertz CT molecular complexity index is 571. The Morgan fingerprint density at radius 1 is 1.17 bits per heavy atom. The average Bonchev–Trinajstić information content (AvgIpc) is 2.19. The lowest BCUT2D eigenvalue weighted by atomic mass is 10.1. The first-order chi connectivity index (χ1) is 8.04. The number of hydrogen-bond acceptors (Lipinski definition) is 3. The van der Waals surface area contributed by atoms with Gasteiger partial charge in [-0.2, -0.15) is 0 Å². The zero-order chi connectivity index (χ0) is 14.1. The van der Waals surface area contributed by atoms with E-state index in [-0.39, 0.29) is 5.56 Å². The summed E-state index contributed by atoms with van der Waals surface area (Å²) in [5.74, 6) is -3.72. The number of Topliss-reactive ketones (excluding diaryl/α,β-unsaturated/α-hetero) is 1. The van der Waals surface area contributed by atoms with Gasteiger partial charge in [0.2, 0.25) is 0 Å². The second-order valence-corrected chi connectivity index (χ2v) is 7.67. The van der Waals surface area contributed by atoms with Gasteiger partial charge in [0.05, 0.1) is 4.75 Å². The van der Waals surface area contributed by atoms with Crippen LogP contribution < -0.4 is 0 Å². The van der Waals surface area contributed by atoms with Crippen LogP contribution in [0.1, 0.15) is 31.1 Å². The molecule has 0 bridgehead atoms. The van der Waals surface area contributed by atoms with Crippen molar-refractivity contribution in [2.75, 3.05) is 5.75 Å². The minimum Gasteiger partial charge on any atom is -0.293 e. The number of halogens is 2. The van der Waals surface area contributed by atoms with Gasteiger partial charge in [-0.15, -0.1) is 0 Å². The largest absolute Gasteiger partial charge is 0.293 e. The fraction of sp³-hybridized carbons (Fsp3) is 0.417. The fourth-order valence-corrected chi connectivity index (χ4v) is 2.09. The average molecular weight is 276 g/mol. The van der Waals surface area contributed by atoms with Gasteiger partial charge < -0.3 is 0 Å². The van der Waals surface area contributed by atoms with Crippen molar-refractivity contribution in [2.45, 2.75) is 25.5 Å². The second kappa shape index (κ2) is 4.76. The standard InChI is InChI=1S/C12H14F2O3S/c1-12(2,3)18(16,17)7-11(15)8-4-5-9(13)10(14)6-8/h4-6H,7H2,1-3H3. The van der Waals surface area contributed by atoms with Crippen LogP contribution in [0, 0.1) is 11.6 Å². The van der Waals surface area contributed by atoms with Crippen LogP contribution in [0.15, 0.2) is 18.2 Å². The van der Waals surface area contributed by atoms with Crippen LogP contribution in [-0.2, 0) is 9.84 Å². The van der Waals surface area contributed by atoms with Gasteiger partial charge >= 0.3 is 0 Å². The van der Waals surface area contributed by atoms with Gasteiger partial charge in [0, 0.05) is 5.56 Å². The molecule has 3 nitrogen and oxygen atoms in total. The lowest BCUT2D eigenvalue weighted by Gasteiger charge is -2.18. The zero-order valence-electron chi connectivity index (χ0n) is 10.3. The van der Waals surface area contributed by atoms with E-state index >= 15 is 0 Å². The molecule has 0 saturated carbocycles. The van der Waals surface area contributed by atoms with Crippen molar-refractivity contribution in [1.82, 2.24) is 0 Å². The molecular formula is C12H14F2O3S. The van der Waals surface area contributed by atoms with Crippen LogP contribution in [0.3, 0.4) is 0 Å². The Kier molecular flexibility index (Phi) is 3.90. The van der Waals surface area contributed by atoms with Gasteiger partial charge in [-0.3, -0.25) is 4.79 Å². The predicted octanol–water partition coefficient (Wildman–Crippen LogP) is 2.36. The summed E-state index contributed by atoms with van der Waals surface area (Å²) in [6.45, 7) is 4.42. The molecule has 0 saturated heterocycles. The van der Waals surface area contributed by atoms with Crippen LogP contribution in [0.4, 0.5) is 8.78 Å². The lowest BCUT2D eigenvalue weighted by Crippen LogP contribution is -2.33. The van der Waals surface area contributed by atoms with E-state index < -0.39 is 37.8 Å². The molecule has 0 aromatic heterocycles. The molecule has 0 heterocycles. The SMILES string of the molecule is CC(C)(C)S(=O)(=O)CC(=O)c1ccc(F)c(F)c1. The Morgan fingerprint density at radius 3 is 2.17 bits per heavy atom. The number of carbonyl (C=O) groups is 1. The highest BCUT2D eigenvalue weighted by atomic mass is 32.2. The Balaban J connectivity index is 3.00. The lowest BCUT2D eigenvalue weighted by molar-refractivity contribution is 0.102. The van der Waals surface area contributed by atoms with Crippen molar-refractivity contribution in [3.8, 4) is 0 Å². The maximum atomic E-state index is 12.9. The van der Waals surface area contributed by atoms with E-state index in [0.717, 1.165) is 12.1 Å². The fourth-order valence-electron chi connectivity index (χ4n) is 1.14. The van der Waals surface area contributed by atoms with E-state index in [1.165, 1.54) is 20.8 Å². The molecule has 18 heavy (non-hydrogen) atoms. The molecule has 0 N–H and O–H groups in total. The van der Waals surface area contributed by atoms with E-state index in [9.17, 15) is 22.0 Å². The monoisotopic (exact) mass is 276 g/mol. The van der Waals surface area contributed by atoms with E-state index in [4.69, 9.17) is 0 Å². The normalized spacial score (nSPS) is 12.5. The molecular weight excluding hydrogens is 262 g/mol. The summed E-state index contributed by atoms with van der Waals surface area (Å²) in [5.41, 5.74) is -0.151. The smallest absolute Gasteiger partial charge is 0.177 e. The maximum Gasteiger partial charge on any atom is 0.177 e. The molecule has 0 aliphatic carbocycles. The van der Waals surface area contributed by atoms with Crippen molar-refractivity contribution in [2.24, 2.45) is 0 Å². The molecule has 6 heteroatoms. The highest BCUT2D eigenvalue weighted by molar-refractivity contribution is 7.93. The summed E-state index contributed by atoms with van der Waals surface area (Å²) in [5, 5.41) is 0. The number of benzene rings is 1. The minimum atomic E-state index is -3.63. The summed E-state index contributed by atoms with van der Waals surface area (Å²) in [6.07, 6.45) is 0. The van der Waals surface area contributed by atoms with Crippen molar-refractivity contribution >= 4 is 15.6 Å². The minimum absolute atomic E-state index is 0.151. The van der Waals surface area contributed by atoms with Gasteiger partial charge in [-0.05, 0) is 39.0 Å². The molecule has 0 aliphatic heterocycles. The van der Waals surface area contributed by atoms with E-state index in [1.54, 1.807) is 0 Å². The van der Waals surface area contributed by atoms with Gasteiger partial charge in [-0.1, -0.05) is 0 Å². The van der Waals surface area contributed by atoms with Crippen molar-refractivity contribution in [3.05, 3.63) is 35.4 Å². The molecule has 0 fully saturated rings. The first-order valence-corrected chi connectivity index (χ1v) is 6.90. The van der Waals surface area contributed by atoms with E-state index in [1.807, 2.05) is 0 Å². The van der Waals surface area contributed by atoms with Gasteiger partial charge in [0.1, 0.15) is 5.75 Å². The van der Waals surface area contributed by atoms with E-state index in [2.05, 4.69) is 0 Å². The molecule has 0 atom stereocenters. The zero-order valence-corrected chi connectivity index (χ0v) is 11.1. The number of hydrogen-bond donors (Lipinski definition) is 0. The first kappa shape index (κ1) is 14.8. The third kappa shape index (κ3) is 3.13. The van der Waals surface area contributed by atoms with Crippen LogP contribution in [0.5, 0.6) is 0 Å². The Hall–Kier alpha value is -1.30. The topological polar surface area (TPSA) is 51.2 Å². The molecule has 0 radical (unpaired) electrons. The molecule has 0 amide bonds. The third-order valence-corrected chi connectivity index (χ3v) is 5.00. The molecule has 0 spiro atoms. The molecule has 100 valence electrons. The Labute approximate surface area is 105 Å². The number of ketones is 1. The van der Waals surface area contributed by atoms with E-state index in [0.29, 0.717) is 6.07 Å². The highest BCUT2D eigenvalue weighted by Crippen LogP contribution is 2.18. The number of sulfone groups is 1. The summed E-state index contributed by atoms with van der Waals surface area (Å²) in [6, 6.07) is 2.57. The second-order valence-electron chi connectivity index (χ2n) is 4.92. The molecule has 1 rings (SSSR count). The van der Waals surface area contributed by atoms with Crippen molar-refractivity contribution < 1.29 is 22.0 Å². The van der Waals surface area contributed by atoms with Crippen LogP contribution in [-0.4, -0.2) is 24.7 Å². The van der Waals surface area contributed by atoms with Crippen molar-refractivity contribution in [3.63, 3.8) is 0 Å². The third-order valence-electron chi connectivity index (χ3n) is 2.50. The molecule has 1 aromatic carbocycles. The Morgan fingerprint density at radius 2 is 1.72 bits per heavy atom. The molecule has 0 unspecified atom stereocenters. The van der Waals surface area contributed by atoms with Gasteiger partial charge in [0.25, 0.3) is 0 Å². The van der Waals surface area contributed by atoms with Crippen LogP contribution in [0.25, 0.3) is 0 Å². The quantitative estimate of drug-likeness (QED) is 0.796. The van der Waals surface area contributed by atoms with Crippen molar-refractivity contribution in [1.29, 1.82) is 0 Å². The first-order valence-electron chi connectivity index (χ1n) is 5.25. The highest BCUT2D eigenvalue weighted by Gasteiger charge is 2.31. The van der Waals surface area contributed by atoms with Crippen LogP contribution in [0.2, 0.25) is 0 Å². The van der Waals surface area contributed by atoms with Gasteiger partial charge in [-0.25, -0.2) is 17.2 Å². The van der Waals surface area contributed by atoms with Crippen LogP contribution >= 0.6 is 0 Å². The summed E-state index contributed by atoms with van der Waals surface area (Å²) < 4.78 is 48.1. The summed E-state index contributed by atoms with van der Waals surface area (Å²) in [4.78, 5) is 11.7. The number of carbonyl (C=O) groups excluding carboxylic acids is 1.